The van der Waals surface area contributed by atoms with Crippen LogP contribution in [-0.4, -0.2) is 23.8 Å². The third kappa shape index (κ3) is 4.09. The van der Waals surface area contributed by atoms with Gasteiger partial charge in [0.2, 0.25) is 0 Å². The molecule has 1 heterocycles. The van der Waals surface area contributed by atoms with E-state index in [2.05, 4.69) is 0 Å². The van der Waals surface area contributed by atoms with Crippen LogP contribution in [0.2, 0.25) is 0 Å². The van der Waals surface area contributed by atoms with E-state index in [-0.39, 0.29) is 25.7 Å². The molecule has 0 unspecified atom stereocenters. The average Bonchev–Trinajstić information content (AvgIpc) is 2.66. The summed E-state index contributed by atoms with van der Waals surface area (Å²) >= 11 is 0. The highest BCUT2D eigenvalue weighted by atomic mass is 16.7. The van der Waals surface area contributed by atoms with Gasteiger partial charge in [0.15, 0.2) is 12.9 Å². The Balaban J connectivity index is 1.69. The maximum absolute atomic E-state index is 12.2. The third-order valence-electron chi connectivity index (χ3n) is 3.74. The molecule has 0 saturated carbocycles. The van der Waals surface area contributed by atoms with Crippen molar-refractivity contribution in [2.75, 3.05) is 6.79 Å². The predicted octanol–water partition coefficient (Wildman–Crippen LogP) is 2.97. The van der Waals surface area contributed by atoms with E-state index < -0.39 is 17.0 Å². The topological polar surface area (TPSA) is 97.1 Å². The molecule has 0 radical (unpaired) electrons. The van der Waals surface area contributed by atoms with E-state index in [4.69, 9.17) is 18.9 Å². The van der Waals surface area contributed by atoms with Gasteiger partial charge >= 0.3 is 5.97 Å². The van der Waals surface area contributed by atoms with Crippen LogP contribution in [0.5, 0.6) is 11.5 Å². The average molecular weight is 359 g/mol. The number of benzene rings is 2. The van der Waals surface area contributed by atoms with Crippen LogP contribution in [0, 0.1) is 10.1 Å². The first-order valence-electron chi connectivity index (χ1n) is 7.93. The Labute approximate surface area is 149 Å². The molecule has 0 aromatic heterocycles. The fourth-order valence-corrected chi connectivity index (χ4v) is 2.51. The molecule has 0 aliphatic carbocycles. The number of fused-ring (bicyclic) bond motifs is 1. The molecule has 26 heavy (non-hydrogen) atoms. The van der Waals surface area contributed by atoms with Crippen LogP contribution in [0.4, 0.5) is 5.69 Å². The molecule has 0 bridgehead atoms. The summed E-state index contributed by atoms with van der Waals surface area (Å²) in [4.78, 5) is 22.7. The zero-order chi connectivity index (χ0) is 18.5. The number of hydrogen-bond acceptors (Lipinski definition) is 7. The second kappa shape index (κ2) is 7.83. The van der Waals surface area contributed by atoms with Crippen molar-refractivity contribution >= 4 is 11.7 Å². The minimum absolute atomic E-state index is 0.0410. The number of para-hydroxylation sites is 1. The molecule has 0 N–H and O–H groups in total. The van der Waals surface area contributed by atoms with Gasteiger partial charge in [0.05, 0.1) is 11.5 Å². The normalized spacial score (nSPS) is 13.9. The maximum atomic E-state index is 12.2. The number of non-ortho nitro benzene ring substituents is 1. The van der Waals surface area contributed by atoms with Gasteiger partial charge in [-0.25, -0.2) is 4.79 Å². The van der Waals surface area contributed by atoms with Gasteiger partial charge in [-0.3, -0.25) is 10.1 Å². The van der Waals surface area contributed by atoms with Crippen LogP contribution in [0.3, 0.4) is 0 Å². The summed E-state index contributed by atoms with van der Waals surface area (Å²) in [5.74, 6) is 0.414. The number of carbonyl (C=O) groups is 1. The number of carbonyl (C=O) groups excluding carboxylic acids is 1. The SMILES string of the molecule is C[C@H](Oc1ccccc1)C(=O)OCc1cc([N+](=O)[O-])cc2c1OCOC2. The monoisotopic (exact) mass is 359 g/mol. The van der Waals surface area contributed by atoms with Crippen molar-refractivity contribution in [3.63, 3.8) is 0 Å². The van der Waals surface area contributed by atoms with Crippen LogP contribution in [0.1, 0.15) is 18.1 Å². The Morgan fingerprint density at radius 1 is 1.31 bits per heavy atom. The zero-order valence-electron chi connectivity index (χ0n) is 14.0. The van der Waals surface area contributed by atoms with E-state index in [1.165, 1.54) is 12.1 Å². The van der Waals surface area contributed by atoms with Crippen molar-refractivity contribution in [2.24, 2.45) is 0 Å². The second-order valence-electron chi connectivity index (χ2n) is 5.64. The lowest BCUT2D eigenvalue weighted by Gasteiger charge is -2.21. The standard InChI is InChI=1S/C18H17NO7/c1-12(26-16-5-3-2-4-6-16)18(20)24-10-14-8-15(19(21)22)7-13-9-23-11-25-17(13)14/h2-8,12H,9-11H2,1H3/t12-/m0/s1. The van der Waals surface area contributed by atoms with Crippen LogP contribution in [-0.2, 0) is 27.5 Å². The number of nitrogens with zero attached hydrogens (tertiary/aromatic N) is 1. The quantitative estimate of drug-likeness (QED) is 0.444. The van der Waals surface area contributed by atoms with Gasteiger partial charge in [-0.05, 0) is 19.1 Å². The summed E-state index contributed by atoms with van der Waals surface area (Å²) in [6.45, 7) is 1.65. The molecule has 8 heteroatoms. The van der Waals surface area contributed by atoms with E-state index in [1.807, 2.05) is 6.07 Å². The highest BCUT2D eigenvalue weighted by Gasteiger charge is 2.23. The lowest BCUT2D eigenvalue weighted by molar-refractivity contribution is -0.385. The van der Waals surface area contributed by atoms with Crippen LogP contribution in [0.15, 0.2) is 42.5 Å². The summed E-state index contributed by atoms with van der Waals surface area (Å²) in [5.41, 5.74) is 0.848. The molecule has 1 aliphatic heterocycles. The lowest BCUT2D eigenvalue weighted by atomic mass is 10.1. The summed E-state index contributed by atoms with van der Waals surface area (Å²) in [6.07, 6.45) is -0.823. The molecule has 3 rings (SSSR count). The van der Waals surface area contributed by atoms with Crippen LogP contribution < -0.4 is 9.47 Å². The molecule has 0 saturated heterocycles. The molecule has 2 aromatic rings. The van der Waals surface area contributed by atoms with E-state index in [0.717, 1.165) is 0 Å². The van der Waals surface area contributed by atoms with Gasteiger partial charge < -0.3 is 18.9 Å². The fourth-order valence-electron chi connectivity index (χ4n) is 2.51. The molecular formula is C18H17NO7. The van der Waals surface area contributed by atoms with Gasteiger partial charge in [0.1, 0.15) is 18.1 Å². The molecule has 0 fully saturated rings. The first-order chi connectivity index (χ1) is 12.5. The summed E-state index contributed by atoms with van der Waals surface area (Å²) < 4.78 is 21.3. The summed E-state index contributed by atoms with van der Waals surface area (Å²) in [7, 11) is 0. The van der Waals surface area contributed by atoms with E-state index in [0.29, 0.717) is 22.6 Å². The molecule has 1 aliphatic rings. The number of rotatable bonds is 6. The number of hydrogen-bond donors (Lipinski definition) is 0. The van der Waals surface area contributed by atoms with Crippen LogP contribution >= 0.6 is 0 Å². The number of nitro groups is 1. The highest BCUT2D eigenvalue weighted by molar-refractivity contribution is 5.74. The largest absolute Gasteiger partial charge is 0.479 e. The molecule has 136 valence electrons. The van der Waals surface area contributed by atoms with E-state index >= 15 is 0 Å². The van der Waals surface area contributed by atoms with Gasteiger partial charge in [0.25, 0.3) is 5.69 Å². The van der Waals surface area contributed by atoms with Crippen molar-refractivity contribution in [3.8, 4) is 11.5 Å². The van der Waals surface area contributed by atoms with Gasteiger partial charge in [-0.1, -0.05) is 18.2 Å². The molecule has 0 amide bonds. The van der Waals surface area contributed by atoms with E-state index in [9.17, 15) is 14.9 Å². The first kappa shape index (κ1) is 17.7. The van der Waals surface area contributed by atoms with Crippen molar-refractivity contribution in [3.05, 3.63) is 63.7 Å². The van der Waals surface area contributed by atoms with Crippen molar-refractivity contribution in [2.45, 2.75) is 26.2 Å². The maximum Gasteiger partial charge on any atom is 0.347 e. The summed E-state index contributed by atoms with van der Waals surface area (Å²) in [6, 6.07) is 11.6. The van der Waals surface area contributed by atoms with E-state index in [1.54, 1.807) is 31.2 Å². The molecule has 1 atom stereocenters. The Bertz CT molecular complexity index is 807. The first-order valence-corrected chi connectivity index (χ1v) is 7.93. The Morgan fingerprint density at radius 3 is 2.81 bits per heavy atom. The molecule has 2 aromatic carbocycles. The number of esters is 1. The smallest absolute Gasteiger partial charge is 0.347 e. The minimum Gasteiger partial charge on any atom is -0.479 e. The lowest BCUT2D eigenvalue weighted by Crippen LogP contribution is -2.26. The van der Waals surface area contributed by atoms with Gasteiger partial charge in [0, 0.05) is 23.3 Å². The van der Waals surface area contributed by atoms with Crippen molar-refractivity contribution < 1.29 is 28.7 Å². The number of ether oxygens (including phenoxy) is 4. The highest BCUT2D eigenvalue weighted by Crippen LogP contribution is 2.33. The third-order valence-corrected chi connectivity index (χ3v) is 3.74. The number of nitro benzene ring substituents is 1. The minimum atomic E-state index is -0.823. The van der Waals surface area contributed by atoms with Crippen LogP contribution in [0.25, 0.3) is 0 Å². The Morgan fingerprint density at radius 2 is 2.08 bits per heavy atom. The van der Waals surface area contributed by atoms with Crippen molar-refractivity contribution in [1.82, 2.24) is 0 Å². The Hall–Kier alpha value is -3.13. The Kier molecular flexibility index (Phi) is 5.33. The fraction of sp³-hybridized carbons (Fsp3) is 0.278. The molecule has 0 spiro atoms. The summed E-state index contributed by atoms with van der Waals surface area (Å²) in [5, 5.41) is 11.1. The molecular weight excluding hydrogens is 342 g/mol. The zero-order valence-corrected chi connectivity index (χ0v) is 14.0. The second-order valence-corrected chi connectivity index (χ2v) is 5.64. The molecule has 8 nitrogen and oxygen atoms in total. The van der Waals surface area contributed by atoms with Gasteiger partial charge in [-0.15, -0.1) is 0 Å². The van der Waals surface area contributed by atoms with Gasteiger partial charge in [-0.2, -0.15) is 0 Å². The predicted molar refractivity (Wildman–Crippen MR) is 89.7 cm³/mol. The van der Waals surface area contributed by atoms with Crippen molar-refractivity contribution in [1.29, 1.82) is 0 Å².